The third-order valence-electron chi connectivity index (χ3n) is 6.07. The molecule has 0 spiro atoms. The van der Waals surface area contributed by atoms with Crippen LogP contribution in [0.3, 0.4) is 0 Å². The summed E-state index contributed by atoms with van der Waals surface area (Å²) >= 11 is 0. The summed E-state index contributed by atoms with van der Waals surface area (Å²) in [6, 6.07) is 36.3. The van der Waals surface area contributed by atoms with Crippen LogP contribution in [0.5, 0.6) is 0 Å². The summed E-state index contributed by atoms with van der Waals surface area (Å²) in [7, 11) is 0. The minimum Gasteiger partial charge on any atom is -0.265 e. The van der Waals surface area contributed by atoms with Crippen LogP contribution in [0.15, 0.2) is 114 Å². The van der Waals surface area contributed by atoms with Crippen molar-refractivity contribution in [2.45, 2.75) is 13.8 Å². The van der Waals surface area contributed by atoms with Crippen LogP contribution < -0.4 is 5.43 Å². The van der Waals surface area contributed by atoms with Crippen LogP contribution in [0.1, 0.15) is 27.2 Å². The van der Waals surface area contributed by atoms with Gasteiger partial charge in [0, 0.05) is 5.56 Å². The Morgan fingerprint density at radius 2 is 1.42 bits per heavy atom. The molecule has 5 heteroatoms. The van der Waals surface area contributed by atoms with Gasteiger partial charge in [0.1, 0.15) is 0 Å². The Balaban J connectivity index is 1.46. The number of rotatable bonds is 6. The van der Waals surface area contributed by atoms with Gasteiger partial charge in [0.25, 0.3) is 5.91 Å². The zero-order chi connectivity index (χ0) is 24.9. The van der Waals surface area contributed by atoms with Gasteiger partial charge in [-0.05, 0) is 54.3 Å². The second-order valence-corrected chi connectivity index (χ2v) is 8.66. The first-order valence-electron chi connectivity index (χ1n) is 11.8. The number of nitrogens with zero attached hydrogens (tertiary/aromatic N) is 3. The van der Waals surface area contributed by atoms with E-state index in [1.165, 1.54) is 0 Å². The molecular formula is C31H26N4O. The first-order chi connectivity index (χ1) is 17.6. The van der Waals surface area contributed by atoms with Crippen LogP contribution in [0.25, 0.3) is 28.1 Å². The molecule has 1 amide bonds. The van der Waals surface area contributed by atoms with Crippen molar-refractivity contribution in [1.82, 2.24) is 15.2 Å². The summed E-state index contributed by atoms with van der Waals surface area (Å²) in [5.74, 6) is -0.368. The van der Waals surface area contributed by atoms with E-state index in [1.54, 1.807) is 17.0 Å². The molecule has 5 nitrogen and oxygen atoms in total. The zero-order valence-corrected chi connectivity index (χ0v) is 20.2. The second kappa shape index (κ2) is 10.2. The molecule has 0 fully saturated rings. The third kappa shape index (κ3) is 5.00. The van der Waals surface area contributed by atoms with Gasteiger partial charge >= 0.3 is 0 Å². The first kappa shape index (κ1) is 23.0. The lowest BCUT2D eigenvalue weighted by molar-refractivity contribution is 0.0949. The van der Waals surface area contributed by atoms with Crippen LogP contribution in [-0.2, 0) is 0 Å². The van der Waals surface area contributed by atoms with Gasteiger partial charge in [0.2, 0.25) is 0 Å². The van der Waals surface area contributed by atoms with E-state index >= 15 is 0 Å². The van der Waals surface area contributed by atoms with E-state index < -0.39 is 0 Å². The highest BCUT2D eigenvalue weighted by molar-refractivity contribution is 5.94. The molecule has 36 heavy (non-hydrogen) atoms. The van der Waals surface area contributed by atoms with Crippen LogP contribution in [0.2, 0.25) is 0 Å². The predicted octanol–water partition coefficient (Wildman–Crippen LogP) is 6.59. The van der Waals surface area contributed by atoms with Crippen molar-refractivity contribution in [3.05, 3.63) is 132 Å². The average Bonchev–Trinajstić information content (AvgIpc) is 3.36. The Morgan fingerprint density at radius 1 is 0.778 bits per heavy atom. The zero-order valence-electron chi connectivity index (χ0n) is 20.2. The number of hydrogen-bond donors (Lipinski definition) is 1. The van der Waals surface area contributed by atoms with E-state index in [9.17, 15) is 4.79 Å². The molecule has 5 rings (SSSR count). The van der Waals surface area contributed by atoms with Crippen LogP contribution in [0, 0.1) is 13.8 Å². The van der Waals surface area contributed by atoms with Crippen molar-refractivity contribution >= 4 is 12.1 Å². The highest BCUT2D eigenvalue weighted by Gasteiger charge is 2.17. The van der Waals surface area contributed by atoms with Crippen LogP contribution in [-0.4, -0.2) is 21.9 Å². The Hall–Kier alpha value is -4.77. The molecular weight excluding hydrogens is 444 g/mol. The highest BCUT2D eigenvalue weighted by atomic mass is 16.2. The molecule has 176 valence electrons. The molecule has 4 aromatic carbocycles. The number of amides is 1. The Labute approximate surface area is 210 Å². The molecule has 0 saturated carbocycles. The van der Waals surface area contributed by atoms with Gasteiger partial charge in [-0.2, -0.15) is 10.2 Å². The molecule has 0 aliphatic heterocycles. The summed E-state index contributed by atoms with van der Waals surface area (Å²) in [6.45, 7) is 4.04. The molecule has 0 unspecified atom stereocenters. The van der Waals surface area contributed by atoms with Gasteiger partial charge in [-0.25, -0.2) is 10.1 Å². The lowest BCUT2D eigenvalue weighted by Crippen LogP contribution is -2.18. The summed E-state index contributed by atoms with van der Waals surface area (Å²) in [5, 5.41) is 8.79. The smallest absolute Gasteiger partial charge is 0.265 e. The Morgan fingerprint density at radius 3 is 2.14 bits per heavy atom. The first-order valence-corrected chi connectivity index (χ1v) is 11.8. The number of carbonyl (C=O) groups excluding carboxylic acids is 1. The van der Waals surface area contributed by atoms with Gasteiger partial charge in [-0.1, -0.05) is 96.6 Å². The maximum atomic E-state index is 12.9. The molecule has 0 aliphatic carbocycles. The quantitative estimate of drug-likeness (QED) is 0.225. The number of carbonyl (C=O) groups is 1. The van der Waals surface area contributed by atoms with Crippen LogP contribution in [0.4, 0.5) is 0 Å². The number of hydrogen-bond acceptors (Lipinski definition) is 3. The fraction of sp³-hybridized carbons (Fsp3) is 0.0645. The summed E-state index contributed by atoms with van der Waals surface area (Å²) in [5.41, 5.74) is 11.0. The fourth-order valence-corrected chi connectivity index (χ4v) is 3.99. The van der Waals surface area contributed by atoms with E-state index in [0.29, 0.717) is 5.69 Å². The van der Waals surface area contributed by atoms with Gasteiger partial charge in [-0.3, -0.25) is 4.79 Å². The maximum Gasteiger partial charge on any atom is 0.291 e. The van der Waals surface area contributed by atoms with E-state index in [4.69, 9.17) is 0 Å². The standard InChI is InChI=1S/C31H26N4O/c1-22-12-18-28(19-13-22)35-30(26-16-14-25(15-17-26)24-9-4-3-5-10-24)20-29(34-35)31(36)33-32-21-27-11-7-6-8-23(27)2/h3-21H,1-2H3,(H,33,36)/b32-21-. The Kier molecular flexibility index (Phi) is 6.54. The summed E-state index contributed by atoms with van der Waals surface area (Å²) in [6.07, 6.45) is 1.65. The van der Waals surface area contributed by atoms with Crippen molar-refractivity contribution in [3.8, 4) is 28.1 Å². The molecule has 0 atom stereocenters. The number of aromatic nitrogens is 2. The third-order valence-corrected chi connectivity index (χ3v) is 6.07. The van der Waals surface area contributed by atoms with E-state index in [-0.39, 0.29) is 5.91 Å². The highest BCUT2D eigenvalue weighted by Crippen LogP contribution is 2.27. The topological polar surface area (TPSA) is 59.3 Å². The van der Waals surface area contributed by atoms with Crippen molar-refractivity contribution in [3.63, 3.8) is 0 Å². The lowest BCUT2D eigenvalue weighted by atomic mass is 10.0. The van der Waals surface area contributed by atoms with Crippen molar-refractivity contribution < 1.29 is 4.79 Å². The molecule has 1 N–H and O–H groups in total. The fourth-order valence-electron chi connectivity index (χ4n) is 3.99. The Bertz CT molecular complexity index is 1520. The van der Waals surface area contributed by atoms with Crippen molar-refractivity contribution in [2.75, 3.05) is 0 Å². The minimum atomic E-state index is -0.368. The minimum absolute atomic E-state index is 0.291. The number of benzene rings is 4. The normalized spacial score (nSPS) is 11.1. The molecule has 0 aliphatic rings. The van der Waals surface area contributed by atoms with E-state index in [1.807, 2.05) is 80.6 Å². The molecule has 1 heterocycles. The summed E-state index contributed by atoms with van der Waals surface area (Å²) < 4.78 is 1.80. The molecule has 0 saturated heterocycles. The van der Waals surface area contributed by atoms with E-state index in [0.717, 1.165) is 44.8 Å². The largest absolute Gasteiger partial charge is 0.291 e. The average molecular weight is 471 g/mol. The van der Waals surface area contributed by atoms with Crippen LogP contribution >= 0.6 is 0 Å². The van der Waals surface area contributed by atoms with Gasteiger partial charge in [0.15, 0.2) is 5.69 Å². The van der Waals surface area contributed by atoms with Crippen molar-refractivity contribution in [2.24, 2.45) is 5.10 Å². The molecule has 0 radical (unpaired) electrons. The molecule has 1 aromatic heterocycles. The second-order valence-electron chi connectivity index (χ2n) is 8.66. The lowest BCUT2D eigenvalue weighted by Gasteiger charge is -2.09. The SMILES string of the molecule is Cc1ccc(-n2nc(C(=O)N/N=C\c3ccccc3C)cc2-c2ccc(-c3ccccc3)cc2)cc1. The van der Waals surface area contributed by atoms with Gasteiger partial charge in [0.05, 0.1) is 17.6 Å². The van der Waals surface area contributed by atoms with E-state index in [2.05, 4.69) is 52.0 Å². The van der Waals surface area contributed by atoms with Gasteiger partial charge in [-0.15, -0.1) is 0 Å². The van der Waals surface area contributed by atoms with Gasteiger partial charge < -0.3 is 0 Å². The monoisotopic (exact) mass is 470 g/mol. The molecule has 0 bridgehead atoms. The maximum absolute atomic E-state index is 12.9. The number of aryl methyl sites for hydroxylation is 2. The molecule has 5 aromatic rings. The number of hydrazone groups is 1. The number of nitrogens with one attached hydrogen (secondary N) is 1. The van der Waals surface area contributed by atoms with Crippen molar-refractivity contribution in [1.29, 1.82) is 0 Å². The summed E-state index contributed by atoms with van der Waals surface area (Å²) in [4.78, 5) is 12.9. The predicted molar refractivity (Wildman–Crippen MR) is 145 cm³/mol.